The van der Waals surface area contributed by atoms with Crippen LogP contribution in [0.2, 0.25) is 0 Å². The highest BCUT2D eigenvalue weighted by Gasteiger charge is 2.26. The summed E-state index contributed by atoms with van der Waals surface area (Å²) in [7, 11) is 1.54. The van der Waals surface area contributed by atoms with Gasteiger partial charge in [-0.2, -0.15) is 0 Å². The molecule has 0 saturated carbocycles. The largest absolute Gasteiger partial charge is 0.497 e. The molecule has 2 aromatic carbocycles. The van der Waals surface area contributed by atoms with Crippen LogP contribution in [0.5, 0.6) is 5.75 Å². The number of benzene rings is 2. The number of ether oxygens (including phenoxy) is 1. The van der Waals surface area contributed by atoms with E-state index in [9.17, 15) is 9.59 Å². The van der Waals surface area contributed by atoms with E-state index in [-0.39, 0.29) is 29.2 Å². The molecule has 1 amide bonds. The molecule has 4 aromatic rings. The summed E-state index contributed by atoms with van der Waals surface area (Å²) >= 11 is 0. The molecule has 7 nitrogen and oxygen atoms in total. The van der Waals surface area contributed by atoms with Gasteiger partial charge < -0.3 is 14.5 Å². The van der Waals surface area contributed by atoms with Gasteiger partial charge in [-0.15, -0.1) is 0 Å². The highest BCUT2D eigenvalue weighted by Crippen LogP contribution is 2.27. The lowest BCUT2D eigenvalue weighted by atomic mass is 9.99. The quantitative estimate of drug-likeness (QED) is 0.481. The zero-order chi connectivity index (χ0) is 23.7. The number of amides is 1. The van der Waals surface area contributed by atoms with E-state index in [4.69, 9.17) is 9.15 Å². The zero-order valence-electron chi connectivity index (χ0n) is 19.3. The lowest BCUT2D eigenvalue weighted by molar-refractivity contribution is 0.0869. The standard InChI is InChI=1S/C27H27N3O4/c1-17(18-5-8-23-19(14-18)4-3-11-28-23)30-12-9-20(10-13-30)29-27(32)26-16-24(31)22-7-6-21(33-2)15-25(22)34-26/h3-8,11,14-17,20H,9-10,12-13H2,1-2H3,(H,29,32). The number of nitrogens with zero attached hydrogens (tertiary/aromatic N) is 2. The van der Waals surface area contributed by atoms with Gasteiger partial charge in [0.25, 0.3) is 5.91 Å². The van der Waals surface area contributed by atoms with E-state index < -0.39 is 0 Å². The van der Waals surface area contributed by atoms with Gasteiger partial charge >= 0.3 is 0 Å². The van der Waals surface area contributed by atoms with Crippen LogP contribution in [-0.2, 0) is 0 Å². The maximum absolute atomic E-state index is 12.8. The molecule has 1 aliphatic heterocycles. The van der Waals surface area contributed by atoms with Gasteiger partial charge in [0.05, 0.1) is 18.0 Å². The average molecular weight is 458 g/mol. The Balaban J connectivity index is 1.23. The molecule has 3 heterocycles. The van der Waals surface area contributed by atoms with E-state index in [1.165, 1.54) is 11.6 Å². The lowest BCUT2D eigenvalue weighted by Crippen LogP contribution is -2.45. The zero-order valence-corrected chi connectivity index (χ0v) is 19.3. The molecule has 1 fully saturated rings. The van der Waals surface area contributed by atoms with Gasteiger partial charge in [-0.05, 0) is 55.7 Å². The molecule has 5 rings (SSSR count). The van der Waals surface area contributed by atoms with Crippen molar-refractivity contribution < 1.29 is 13.9 Å². The predicted octanol–water partition coefficient (Wildman–Crippen LogP) is 4.31. The first-order valence-electron chi connectivity index (χ1n) is 11.5. The minimum absolute atomic E-state index is 0.0197. The SMILES string of the molecule is COc1ccc2c(=O)cc(C(=O)NC3CCN(C(C)c4ccc5ncccc5c4)CC3)oc2c1. The molecule has 0 aliphatic carbocycles. The number of likely N-dealkylation sites (tertiary alicyclic amines) is 1. The Morgan fingerprint density at radius 3 is 2.76 bits per heavy atom. The topological polar surface area (TPSA) is 84.7 Å². The second-order valence-electron chi connectivity index (χ2n) is 8.75. The summed E-state index contributed by atoms with van der Waals surface area (Å²) in [4.78, 5) is 32.1. The number of piperidine rings is 1. The average Bonchev–Trinajstić information content (AvgIpc) is 2.88. The van der Waals surface area contributed by atoms with Crippen LogP contribution in [0.4, 0.5) is 0 Å². The molecule has 1 saturated heterocycles. The third kappa shape index (κ3) is 4.39. The third-order valence-electron chi connectivity index (χ3n) is 6.68. The van der Waals surface area contributed by atoms with Crippen LogP contribution in [0, 0.1) is 0 Å². The van der Waals surface area contributed by atoms with E-state index in [1.807, 2.05) is 12.3 Å². The number of hydrogen-bond acceptors (Lipinski definition) is 6. The maximum atomic E-state index is 12.8. The number of aromatic nitrogens is 1. The fraction of sp³-hybridized carbons (Fsp3) is 0.296. The van der Waals surface area contributed by atoms with Crippen molar-refractivity contribution in [3.63, 3.8) is 0 Å². The van der Waals surface area contributed by atoms with Crippen molar-refractivity contribution in [3.8, 4) is 5.75 Å². The number of rotatable bonds is 5. The maximum Gasteiger partial charge on any atom is 0.287 e. The van der Waals surface area contributed by atoms with Crippen LogP contribution in [0.3, 0.4) is 0 Å². The molecule has 0 radical (unpaired) electrons. The van der Waals surface area contributed by atoms with Crippen molar-refractivity contribution in [1.82, 2.24) is 15.2 Å². The Bertz CT molecular complexity index is 1410. The van der Waals surface area contributed by atoms with Gasteiger partial charge in [0.15, 0.2) is 11.2 Å². The Hall–Kier alpha value is -3.71. The van der Waals surface area contributed by atoms with Crippen LogP contribution in [-0.4, -0.2) is 42.0 Å². The number of hydrogen-bond donors (Lipinski definition) is 1. The van der Waals surface area contributed by atoms with Crippen molar-refractivity contribution in [2.24, 2.45) is 0 Å². The van der Waals surface area contributed by atoms with Crippen molar-refractivity contribution in [1.29, 1.82) is 0 Å². The molecule has 1 unspecified atom stereocenters. The summed E-state index contributed by atoms with van der Waals surface area (Å²) in [6.45, 7) is 3.96. The Kier molecular flexibility index (Phi) is 6.02. The van der Waals surface area contributed by atoms with Gasteiger partial charge in [0, 0.05) is 48.9 Å². The summed E-state index contributed by atoms with van der Waals surface area (Å²) in [6.07, 6.45) is 3.47. The molecule has 1 atom stereocenters. The number of carbonyl (C=O) groups is 1. The molecule has 1 aliphatic rings. The highest BCUT2D eigenvalue weighted by molar-refractivity contribution is 5.93. The normalized spacial score (nSPS) is 15.9. The van der Waals surface area contributed by atoms with Crippen LogP contribution < -0.4 is 15.5 Å². The number of pyridine rings is 1. The second-order valence-corrected chi connectivity index (χ2v) is 8.75. The van der Waals surface area contributed by atoms with Crippen LogP contribution in [0.15, 0.2) is 70.0 Å². The number of methoxy groups -OCH3 is 1. The first kappa shape index (κ1) is 22.1. The molecule has 174 valence electrons. The predicted molar refractivity (Wildman–Crippen MR) is 131 cm³/mol. The fourth-order valence-corrected chi connectivity index (χ4v) is 4.63. The van der Waals surface area contributed by atoms with Crippen LogP contribution in [0.1, 0.15) is 41.9 Å². The minimum atomic E-state index is -0.365. The van der Waals surface area contributed by atoms with E-state index in [0.29, 0.717) is 16.7 Å². The first-order chi connectivity index (χ1) is 16.5. The van der Waals surface area contributed by atoms with E-state index >= 15 is 0 Å². The van der Waals surface area contributed by atoms with Crippen molar-refractivity contribution in [3.05, 3.63) is 82.3 Å². The Labute approximate surface area is 197 Å². The molecule has 1 N–H and O–H groups in total. The van der Waals surface area contributed by atoms with Crippen LogP contribution in [0.25, 0.3) is 21.9 Å². The van der Waals surface area contributed by atoms with E-state index in [2.05, 4.69) is 46.4 Å². The minimum Gasteiger partial charge on any atom is -0.497 e. The number of fused-ring (bicyclic) bond motifs is 2. The lowest BCUT2D eigenvalue weighted by Gasteiger charge is -2.36. The molecule has 2 aromatic heterocycles. The first-order valence-corrected chi connectivity index (χ1v) is 11.5. The molecule has 34 heavy (non-hydrogen) atoms. The monoisotopic (exact) mass is 457 g/mol. The molecule has 0 bridgehead atoms. The van der Waals surface area contributed by atoms with Gasteiger partial charge in [-0.1, -0.05) is 12.1 Å². The summed E-state index contributed by atoms with van der Waals surface area (Å²) in [5, 5.41) is 4.60. The Morgan fingerprint density at radius 1 is 1.15 bits per heavy atom. The van der Waals surface area contributed by atoms with Crippen LogP contribution >= 0.6 is 0 Å². The fourth-order valence-electron chi connectivity index (χ4n) is 4.63. The highest BCUT2D eigenvalue weighted by atomic mass is 16.5. The molecule has 0 spiro atoms. The summed E-state index contributed by atoms with van der Waals surface area (Å²) in [6, 6.07) is 17.0. The van der Waals surface area contributed by atoms with Crippen molar-refractivity contribution >= 4 is 27.8 Å². The number of nitrogens with one attached hydrogen (secondary N) is 1. The van der Waals surface area contributed by atoms with Gasteiger partial charge in [-0.3, -0.25) is 19.5 Å². The summed E-state index contributed by atoms with van der Waals surface area (Å²) in [5.74, 6) is 0.221. The van der Waals surface area contributed by atoms with E-state index in [0.717, 1.165) is 36.8 Å². The molecule has 7 heteroatoms. The van der Waals surface area contributed by atoms with Crippen molar-refractivity contribution in [2.75, 3.05) is 20.2 Å². The number of carbonyl (C=O) groups excluding carboxylic acids is 1. The molecular formula is C27H27N3O4. The Morgan fingerprint density at radius 2 is 1.97 bits per heavy atom. The van der Waals surface area contributed by atoms with Gasteiger partial charge in [0.2, 0.25) is 0 Å². The summed E-state index contributed by atoms with van der Waals surface area (Å²) < 4.78 is 10.9. The smallest absolute Gasteiger partial charge is 0.287 e. The second kappa shape index (κ2) is 9.27. The van der Waals surface area contributed by atoms with Crippen molar-refractivity contribution in [2.45, 2.75) is 31.8 Å². The third-order valence-corrected chi connectivity index (χ3v) is 6.68. The van der Waals surface area contributed by atoms with E-state index in [1.54, 1.807) is 25.3 Å². The summed E-state index contributed by atoms with van der Waals surface area (Å²) in [5.41, 5.74) is 2.35. The van der Waals surface area contributed by atoms with Gasteiger partial charge in [-0.25, -0.2) is 0 Å². The molecular weight excluding hydrogens is 430 g/mol. The van der Waals surface area contributed by atoms with Gasteiger partial charge in [0.1, 0.15) is 11.3 Å².